The van der Waals surface area contributed by atoms with Crippen LogP contribution in [0.2, 0.25) is 0 Å². The Labute approximate surface area is 120 Å². The number of methoxy groups -OCH3 is 1. The fraction of sp³-hybridized carbons (Fsp3) is 0.438. The van der Waals surface area contributed by atoms with Gasteiger partial charge in [0.05, 0.1) is 18.4 Å². The topological polar surface area (TPSA) is 39.1 Å². The smallest absolute Gasteiger partial charge is 0.216 e. The van der Waals surface area contributed by atoms with Gasteiger partial charge >= 0.3 is 0 Å². The van der Waals surface area contributed by atoms with Gasteiger partial charge in [-0.15, -0.1) is 0 Å². The summed E-state index contributed by atoms with van der Waals surface area (Å²) < 4.78 is 7.19. The summed E-state index contributed by atoms with van der Waals surface area (Å²) in [5.41, 5.74) is 4.70. The van der Waals surface area contributed by atoms with Crippen molar-refractivity contribution in [2.75, 3.05) is 7.11 Å². The highest BCUT2D eigenvalue weighted by Gasteiger charge is 2.14. The molecule has 0 saturated carbocycles. The lowest BCUT2D eigenvalue weighted by Crippen LogP contribution is -2.18. The molecule has 1 aromatic heterocycles. The van der Waals surface area contributed by atoms with Gasteiger partial charge in [-0.25, -0.2) is 4.68 Å². The van der Waals surface area contributed by atoms with Crippen LogP contribution in [-0.2, 0) is 13.6 Å². The van der Waals surface area contributed by atoms with Crippen LogP contribution >= 0.6 is 0 Å². The van der Waals surface area contributed by atoms with E-state index in [0.29, 0.717) is 6.04 Å². The number of aromatic nitrogens is 2. The van der Waals surface area contributed by atoms with Gasteiger partial charge in [0.1, 0.15) is 0 Å². The highest BCUT2D eigenvalue weighted by Crippen LogP contribution is 2.22. The summed E-state index contributed by atoms with van der Waals surface area (Å²) in [6.07, 6.45) is 0. The molecular weight excluding hydrogens is 250 g/mol. The van der Waals surface area contributed by atoms with Crippen molar-refractivity contribution in [1.29, 1.82) is 0 Å². The van der Waals surface area contributed by atoms with E-state index >= 15 is 0 Å². The van der Waals surface area contributed by atoms with Gasteiger partial charge in [-0.05, 0) is 26.3 Å². The second-order valence-corrected chi connectivity index (χ2v) is 5.21. The normalized spacial score (nSPS) is 12.4. The van der Waals surface area contributed by atoms with Crippen LogP contribution in [0, 0.1) is 13.8 Å². The lowest BCUT2D eigenvalue weighted by Gasteiger charge is -2.15. The molecule has 0 radical (unpaired) electrons. The molecule has 4 nitrogen and oxygen atoms in total. The third-order valence-electron chi connectivity index (χ3n) is 3.64. The number of nitrogens with one attached hydrogen (secondary N) is 1. The number of hydrogen-bond acceptors (Lipinski definition) is 3. The summed E-state index contributed by atoms with van der Waals surface area (Å²) in [4.78, 5) is 0. The first-order valence-corrected chi connectivity index (χ1v) is 6.89. The Morgan fingerprint density at radius 3 is 2.50 bits per heavy atom. The molecule has 0 amide bonds. The molecule has 2 aromatic rings. The van der Waals surface area contributed by atoms with Gasteiger partial charge in [0.25, 0.3) is 0 Å². The zero-order valence-corrected chi connectivity index (χ0v) is 12.9. The molecule has 0 aliphatic rings. The summed E-state index contributed by atoms with van der Waals surface area (Å²) in [7, 11) is 3.59. The number of benzene rings is 1. The Balaban J connectivity index is 2.07. The first-order valence-electron chi connectivity index (χ1n) is 6.89. The van der Waals surface area contributed by atoms with Gasteiger partial charge in [0, 0.05) is 19.6 Å². The molecule has 0 bridgehead atoms. The Bertz CT molecular complexity index is 572. The minimum Gasteiger partial charge on any atom is -0.481 e. The molecule has 0 unspecified atom stereocenters. The summed E-state index contributed by atoms with van der Waals surface area (Å²) in [5, 5.41) is 7.93. The van der Waals surface area contributed by atoms with Crippen molar-refractivity contribution in [3.8, 4) is 5.88 Å². The molecule has 0 aliphatic carbocycles. The summed E-state index contributed by atoms with van der Waals surface area (Å²) in [5.74, 6) is 0.825. The van der Waals surface area contributed by atoms with Crippen molar-refractivity contribution < 1.29 is 4.74 Å². The van der Waals surface area contributed by atoms with Crippen molar-refractivity contribution >= 4 is 0 Å². The van der Waals surface area contributed by atoms with Crippen LogP contribution in [0.15, 0.2) is 24.3 Å². The van der Waals surface area contributed by atoms with E-state index in [0.717, 1.165) is 23.7 Å². The first kappa shape index (κ1) is 14.6. The summed E-state index contributed by atoms with van der Waals surface area (Å²) in [6, 6.07) is 8.91. The van der Waals surface area contributed by atoms with Crippen LogP contribution in [-0.4, -0.2) is 16.9 Å². The molecule has 1 aromatic carbocycles. The maximum Gasteiger partial charge on any atom is 0.216 e. The predicted molar refractivity (Wildman–Crippen MR) is 80.9 cm³/mol. The van der Waals surface area contributed by atoms with E-state index in [9.17, 15) is 0 Å². The van der Waals surface area contributed by atoms with E-state index in [1.165, 1.54) is 11.1 Å². The minimum absolute atomic E-state index is 0.292. The van der Waals surface area contributed by atoms with E-state index in [4.69, 9.17) is 4.74 Å². The third kappa shape index (κ3) is 3.02. The minimum atomic E-state index is 0.292. The summed E-state index contributed by atoms with van der Waals surface area (Å²) in [6.45, 7) is 7.03. The maximum absolute atomic E-state index is 5.41. The van der Waals surface area contributed by atoms with Gasteiger partial charge in [-0.3, -0.25) is 0 Å². The zero-order chi connectivity index (χ0) is 14.7. The lowest BCUT2D eigenvalue weighted by atomic mass is 10.1. The molecule has 2 rings (SSSR count). The van der Waals surface area contributed by atoms with Crippen LogP contribution in [0.1, 0.15) is 35.3 Å². The van der Waals surface area contributed by atoms with Crippen LogP contribution in [0.3, 0.4) is 0 Å². The van der Waals surface area contributed by atoms with Crippen molar-refractivity contribution in [1.82, 2.24) is 15.1 Å². The molecule has 0 fully saturated rings. The standard InChI is InChI=1S/C16H23N3O/c1-11-6-8-14(9-7-11)12(2)17-10-15-13(3)18-19(4)16(15)20-5/h6-9,12,17H,10H2,1-5H3/t12-/m0/s1. The average Bonchev–Trinajstić information content (AvgIpc) is 2.70. The number of aryl methyl sites for hydroxylation is 3. The highest BCUT2D eigenvalue weighted by molar-refractivity contribution is 5.31. The SMILES string of the molecule is COc1c(CN[C@@H](C)c2ccc(C)cc2)c(C)nn1C. The average molecular weight is 273 g/mol. The maximum atomic E-state index is 5.41. The van der Waals surface area contributed by atoms with E-state index in [2.05, 4.69) is 48.5 Å². The van der Waals surface area contributed by atoms with Crippen molar-refractivity contribution in [3.63, 3.8) is 0 Å². The quantitative estimate of drug-likeness (QED) is 0.910. The van der Waals surface area contributed by atoms with Gasteiger partial charge in [-0.2, -0.15) is 5.10 Å². The molecule has 108 valence electrons. The van der Waals surface area contributed by atoms with E-state index in [-0.39, 0.29) is 0 Å². The Kier molecular flexibility index (Phi) is 4.45. The van der Waals surface area contributed by atoms with Crippen molar-refractivity contribution in [2.24, 2.45) is 7.05 Å². The molecular formula is C16H23N3O. The van der Waals surface area contributed by atoms with E-state index in [1.54, 1.807) is 11.8 Å². The lowest BCUT2D eigenvalue weighted by molar-refractivity contribution is 0.367. The van der Waals surface area contributed by atoms with Crippen LogP contribution in [0.5, 0.6) is 5.88 Å². The monoisotopic (exact) mass is 273 g/mol. The number of hydrogen-bond donors (Lipinski definition) is 1. The number of nitrogens with zero attached hydrogens (tertiary/aromatic N) is 2. The number of rotatable bonds is 5. The zero-order valence-electron chi connectivity index (χ0n) is 12.9. The second-order valence-electron chi connectivity index (χ2n) is 5.21. The summed E-state index contributed by atoms with van der Waals surface area (Å²) >= 11 is 0. The molecule has 0 aliphatic heterocycles. The largest absolute Gasteiger partial charge is 0.481 e. The molecule has 0 spiro atoms. The number of ether oxygens (including phenoxy) is 1. The van der Waals surface area contributed by atoms with E-state index in [1.807, 2.05) is 14.0 Å². The van der Waals surface area contributed by atoms with Crippen LogP contribution < -0.4 is 10.1 Å². The molecule has 0 saturated heterocycles. The third-order valence-corrected chi connectivity index (χ3v) is 3.64. The van der Waals surface area contributed by atoms with Gasteiger partial charge in [0.2, 0.25) is 5.88 Å². The predicted octanol–water partition coefficient (Wildman–Crippen LogP) is 2.90. The van der Waals surface area contributed by atoms with E-state index < -0.39 is 0 Å². The first-order chi connectivity index (χ1) is 9.52. The fourth-order valence-corrected chi connectivity index (χ4v) is 2.37. The van der Waals surface area contributed by atoms with Crippen molar-refractivity contribution in [2.45, 2.75) is 33.4 Å². The fourth-order valence-electron chi connectivity index (χ4n) is 2.37. The van der Waals surface area contributed by atoms with Gasteiger partial charge < -0.3 is 10.1 Å². The molecule has 20 heavy (non-hydrogen) atoms. The van der Waals surface area contributed by atoms with Gasteiger partial charge in [-0.1, -0.05) is 29.8 Å². The van der Waals surface area contributed by atoms with Gasteiger partial charge in [0.15, 0.2) is 0 Å². The molecule has 1 atom stereocenters. The molecule has 1 heterocycles. The highest BCUT2D eigenvalue weighted by atomic mass is 16.5. The second kappa shape index (κ2) is 6.09. The molecule has 4 heteroatoms. The van der Waals surface area contributed by atoms with Crippen molar-refractivity contribution in [3.05, 3.63) is 46.6 Å². The molecule has 1 N–H and O–H groups in total. The Hall–Kier alpha value is -1.81. The Morgan fingerprint density at radius 1 is 1.25 bits per heavy atom. The van der Waals surface area contributed by atoms with Crippen LogP contribution in [0.4, 0.5) is 0 Å². The Morgan fingerprint density at radius 2 is 1.90 bits per heavy atom. The van der Waals surface area contributed by atoms with Crippen LogP contribution in [0.25, 0.3) is 0 Å².